The molecule has 6 heteroatoms. The molecule has 0 fully saturated rings. The molecule has 0 aliphatic carbocycles. The van der Waals surface area contributed by atoms with Gasteiger partial charge in [-0.05, 0) is 55.7 Å². The van der Waals surface area contributed by atoms with Gasteiger partial charge in [0.1, 0.15) is 17.3 Å². The number of rotatable bonds is 4. The van der Waals surface area contributed by atoms with Gasteiger partial charge in [-0.25, -0.2) is 4.68 Å². The quantitative estimate of drug-likeness (QED) is 0.631. The molecule has 0 radical (unpaired) electrons. The zero-order chi connectivity index (χ0) is 18.8. The highest BCUT2D eigenvalue weighted by Crippen LogP contribution is 2.37. The number of nitrogens with zero attached hydrogens (tertiary/aromatic N) is 2. The fourth-order valence-electron chi connectivity index (χ4n) is 3.45. The molecule has 5 nitrogen and oxygen atoms in total. The van der Waals surface area contributed by atoms with Gasteiger partial charge in [0.05, 0.1) is 25.6 Å². The molecule has 0 bridgehead atoms. The molecule has 0 saturated heterocycles. The van der Waals surface area contributed by atoms with Crippen molar-refractivity contribution in [2.45, 2.75) is 19.3 Å². The number of nitrogens with one attached hydrogen (secondary N) is 1. The van der Waals surface area contributed by atoms with Crippen LogP contribution in [-0.2, 0) is 6.42 Å². The SMILES string of the molecule is COc1cc(OC)cc(-c2nn(-c3ccc(Br)cc3)c3c2CCCCN3)c1. The maximum Gasteiger partial charge on any atom is 0.133 e. The van der Waals surface area contributed by atoms with Crippen molar-refractivity contribution in [1.29, 1.82) is 0 Å². The van der Waals surface area contributed by atoms with Crippen LogP contribution in [0.1, 0.15) is 18.4 Å². The Balaban J connectivity index is 1.90. The number of hydrogen-bond acceptors (Lipinski definition) is 4. The minimum absolute atomic E-state index is 0.762. The van der Waals surface area contributed by atoms with Crippen molar-refractivity contribution < 1.29 is 9.47 Å². The first-order valence-corrected chi connectivity index (χ1v) is 9.84. The van der Waals surface area contributed by atoms with Crippen LogP contribution in [0.4, 0.5) is 5.82 Å². The van der Waals surface area contributed by atoms with Gasteiger partial charge in [0.25, 0.3) is 0 Å². The van der Waals surface area contributed by atoms with Crippen molar-refractivity contribution in [2.24, 2.45) is 0 Å². The van der Waals surface area contributed by atoms with Crippen LogP contribution in [0.5, 0.6) is 11.5 Å². The van der Waals surface area contributed by atoms with E-state index in [0.29, 0.717) is 0 Å². The molecule has 27 heavy (non-hydrogen) atoms. The van der Waals surface area contributed by atoms with Gasteiger partial charge >= 0.3 is 0 Å². The molecule has 1 aliphatic rings. The predicted molar refractivity (Wildman–Crippen MR) is 111 cm³/mol. The lowest BCUT2D eigenvalue weighted by atomic mass is 10.0. The van der Waals surface area contributed by atoms with Crippen LogP contribution in [0.3, 0.4) is 0 Å². The van der Waals surface area contributed by atoms with Crippen LogP contribution < -0.4 is 14.8 Å². The van der Waals surface area contributed by atoms with Gasteiger partial charge in [0.15, 0.2) is 0 Å². The summed E-state index contributed by atoms with van der Waals surface area (Å²) in [6.07, 6.45) is 3.28. The molecule has 0 atom stereocenters. The van der Waals surface area contributed by atoms with Gasteiger partial charge < -0.3 is 14.8 Å². The topological polar surface area (TPSA) is 48.3 Å². The third-order valence-electron chi connectivity index (χ3n) is 4.83. The number of anilines is 1. The second kappa shape index (κ2) is 7.64. The Hall–Kier alpha value is -2.47. The molecular weight excluding hydrogens is 406 g/mol. The molecule has 3 aromatic rings. The third kappa shape index (κ3) is 3.54. The number of ether oxygens (including phenoxy) is 2. The van der Waals surface area contributed by atoms with Gasteiger partial charge in [-0.1, -0.05) is 15.9 Å². The molecule has 1 aliphatic heterocycles. The number of halogens is 1. The average molecular weight is 428 g/mol. The molecule has 0 spiro atoms. The average Bonchev–Trinajstić information content (AvgIpc) is 2.89. The second-order valence-electron chi connectivity index (χ2n) is 6.55. The smallest absolute Gasteiger partial charge is 0.133 e. The molecule has 2 aromatic carbocycles. The normalized spacial score (nSPS) is 13.4. The van der Waals surface area contributed by atoms with Crippen molar-refractivity contribution in [2.75, 3.05) is 26.1 Å². The molecule has 1 aromatic heterocycles. The maximum atomic E-state index is 5.46. The number of fused-ring (bicyclic) bond motifs is 1. The van der Waals surface area contributed by atoms with Crippen LogP contribution >= 0.6 is 15.9 Å². The van der Waals surface area contributed by atoms with Crippen LogP contribution in [0.2, 0.25) is 0 Å². The van der Waals surface area contributed by atoms with Gasteiger partial charge in [-0.3, -0.25) is 0 Å². The summed E-state index contributed by atoms with van der Waals surface area (Å²) in [6, 6.07) is 14.1. The number of hydrogen-bond donors (Lipinski definition) is 1. The van der Waals surface area contributed by atoms with Crippen molar-refractivity contribution in [3.05, 3.63) is 52.5 Å². The van der Waals surface area contributed by atoms with E-state index in [2.05, 4.69) is 33.4 Å². The fraction of sp³-hybridized carbons (Fsp3) is 0.286. The van der Waals surface area contributed by atoms with E-state index in [-0.39, 0.29) is 0 Å². The highest BCUT2D eigenvalue weighted by molar-refractivity contribution is 9.10. The Morgan fingerprint density at radius 1 is 1.00 bits per heavy atom. The summed E-state index contributed by atoms with van der Waals surface area (Å²) in [6.45, 7) is 0.954. The van der Waals surface area contributed by atoms with Gasteiger partial charge in [0.2, 0.25) is 0 Å². The first kappa shape index (κ1) is 17.9. The first-order valence-electron chi connectivity index (χ1n) is 9.05. The fourth-order valence-corrected chi connectivity index (χ4v) is 3.71. The van der Waals surface area contributed by atoms with Crippen LogP contribution in [0, 0.1) is 0 Å². The lowest BCUT2D eigenvalue weighted by molar-refractivity contribution is 0.394. The van der Waals surface area contributed by atoms with E-state index in [1.54, 1.807) is 14.2 Å². The maximum absolute atomic E-state index is 5.46. The lowest BCUT2D eigenvalue weighted by Crippen LogP contribution is -2.07. The molecule has 0 amide bonds. The second-order valence-corrected chi connectivity index (χ2v) is 7.46. The summed E-state index contributed by atoms with van der Waals surface area (Å²) in [5.74, 6) is 2.60. The van der Waals surface area contributed by atoms with Gasteiger partial charge in [-0.15, -0.1) is 0 Å². The third-order valence-corrected chi connectivity index (χ3v) is 5.35. The molecule has 1 N–H and O–H groups in total. The molecule has 0 unspecified atom stereocenters. The Morgan fingerprint density at radius 3 is 2.37 bits per heavy atom. The van der Waals surface area contributed by atoms with E-state index < -0.39 is 0 Å². The number of aromatic nitrogens is 2. The van der Waals surface area contributed by atoms with Crippen molar-refractivity contribution in [1.82, 2.24) is 9.78 Å². The largest absolute Gasteiger partial charge is 0.497 e. The molecule has 2 heterocycles. The summed E-state index contributed by atoms with van der Waals surface area (Å²) < 4.78 is 14.0. The molecular formula is C21H22BrN3O2. The minimum Gasteiger partial charge on any atom is -0.497 e. The molecule has 140 valence electrons. The zero-order valence-corrected chi connectivity index (χ0v) is 17.0. The zero-order valence-electron chi connectivity index (χ0n) is 15.5. The Bertz CT molecular complexity index is 929. The van der Waals surface area contributed by atoms with E-state index in [4.69, 9.17) is 14.6 Å². The molecule has 0 saturated carbocycles. The number of benzene rings is 2. The van der Waals surface area contributed by atoms with Crippen molar-refractivity contribution >= 4 is 21.7 Å². The van der Waals surface area contributed by atoms with Crippen LogP contribution in [0.25, 0.3) is 16.9 Å². The highest BCUT2D eigenvalue weighted by atomic mass is 79.9. The van der Waals surface area contributed by atoms with Gasteiger partial charge in [-0.2, -0.15) is 5.10 Å². The van der Waals surface area contributed by atoms with Gasteiger partial charge in [0, 0.05) is 28.2 Å². The van der Waals surface area contributed by atoms with Crippen molar-refractivity contribution in [3.8, 4) is 28.4 Å². The Kier molecular flexibility index (Phi) is 5.07. The summed E-state index contributed by atoms with van der Waals surface area (Å²) >= 11 is 3.51. The summed E-state index contributed by atoms with van der Waals surface area (Å²) in [5.41, 5.74) is 4.25. The van der Waals surface area contributed by atoms with E-state index in [0.717, 1.165) is 64.5 Å². The molecule has 4 rings (SSSR count). The Labute approximate surface area is 167 Å². The highest BCUT2D eigenvalue weighted by Gasteiger charge is 2.22. The van der Waals surface area contributed by atoms with E-state index in [1.165, 1.54) is 5.56 Å². The first-order chi connectivity index (χ1) is 13.2. The van der Waals surface area contributed by atoms with Crippen molar-refractivity contribution in [3.63, 3.8) is 0 Å². The van der Waals surface area contributed by atoms with Crippen LogP contribution in [0.15, 0.2) is 46.9 Å². The summed E-state index contributed by atoms with van der Waals surface area (Å²) in [7, 11) is 3.34. The Morgan fingerprint density at radius 2 is 1.70 bits per heavy atom. The summed E-state index contributed by atoms with van der Waals surface area (Å²) in [4.78, 5) is 0. The van der Waals surface area contributed by atoms with E-state index in [9.17, 15) is 0 Å². The summed E-state index contributed by atoms with van der Waals surface area (Å²) in [5, 5.41) is 8.56. The monoisotopic (exact) mass is 427 g/mol. The lowest BCUT2D eigenvalue weighted by Gasteiger charge is -2.09. The van der Waals surface area contributed by atoms with E-state index >= 15 is 0 Å². The predicted octanol–water partition coefficient (Wildman–Crippen LogP) is 5.07. The van der Waals surface area contributed by atoms with Crippen LogP contribution in [-0.4, -0.2) is 30.5 Å². The van der Waals surface area contributed by atoms with E-state index in [1.807, 2.05) is 35.0 Å². The standard InChI is InChI=1S/C21H22BrN3O2/c1-26-17-11-14(12-18(13-17)27-2)20-19-5-3-4-10-23-21(19)25(24-20)16-8-6-15(22)7-9-16/h6-9,11-13,23H,3-5,10H2,1-2H3. The number of methoxy groups -OCH3 is 2. The minimum atomic E-state index is 0.762.